The van der Waals surface area contributed by atoms with Crippen LogP contribution in [-0.2, 0) is 15.7 Å². The summed E-state index contributed by atoms with van der Waals surface area (Å²) < 4.78 is 27.0. The second-order valence-electron chi connectivity index (χ2n) is 7.88. The van der Waals surface area contributed by atoms with E-state index >= 15 is 4.39 Å². The van der Waals surface area contributed by atoms with Crippen LogP contribution in [0.3, 0.4) is 0 Å². The quantitative estimate of drug-likeness (QED) is 0.740. The molecule has 4 rings (SSSR count). The van der Waals surface area contributed by atoms with Gasteiger partial charge in [-0.2, -0.15) is 0 Å². The van der Waals surface area contributed by atoms with E-state index in [-0.39, 0.29) is 5.82 Å². The van der Waals surface area contributed by atoms with Crippen molar-refractivity contribution in [2.75, 3.05) is 0 Å². The molecule has 0 bridgehead atoms. The van der Waals surface area contributed by atoms with Crippen LogP contribution in [0.2, 0.25) is 0 Å². The van der Waals surface area contributed by atoms with E-state index < -0.39 is 18.3 Å². The van der Waals surface area contributed by atoms with Crippen molar-refractivity contribution in [1.82, 2.24) is 0 Å². The Bertz CT molecular complexity index is 609. The van der Waals surface area contributed by atoms with Crippen LogP contribution < -0.4 is 5.46 Å². The predicted octanol–water partition coefficient (Wildman–Crippen LogP) is 3.03. The summed E-state index contributed by atoms with van der Waals surface area (Å²) in [6.45, 7) is 10.2. The molecule has 3 aliphatic rings. The lowest BCUT2D eigenvalue weighted by Gasteiger charge is -2.32. The first kappa shape index (κ1) is 13.8. The molecule has 2 fully saturated rings. The molecule has 1 aromatic carbocycles. The molecular formula is C17H22BFO2. The van der Waals surface area contributed by atoms with Gasteiger partial charge in [-0.05, 0) is 63.0 Å². The average Bonchev–Trinajstić information content (AvgIpc) is 2.77. The van der Waals surface area contributed by atoms with Crippen LogP contribution in [-0.4, -0.2) is 18.3 Å². The van der Waals surface area contributed by atoms with Gasteiger partial charge in [-0.15, -0.1) is 0 Å². The van der Waals surface area contributed by atoms with Crippen molar-refractivity contribution in [3.05, 3.63) is 29.1 Å². The summed E-state index contributed by atoms with van der Waals surface area (Å²) in [6, 6.07) is 3.92. The Labute approximate surface area is 126 Å². The molecule has 2 nitrogen and oxygen atoms in total. The molecule has 112 valence electrons. The highest BCUT2D eigenvalue weighted by molar-refractivity contribution is 6.62. The van der Waals surface area contributed by atoms with Crippen molar-refractivity contribution >= 4 is 12.6 Å². The Hall–Kier alpha value is -0.865. The van der Waals surface area contributed by atoms with Gasteiger partial charge < -0.3 is 9.31 Å². The van der Waals surface area contributed by atoms with Crippen molar-refractivity contribution < 1.29 is 13.7 Å². The molecule has 0 N–H and O–H groups in total. The topological polar surface area (TPSA) is 18.5 Å². The SMILES string of the molecule is CC1C2c3c(ccc(B4OC(C)(C)C(C)(C)O4)c3F)C[C@H]12. The minimum atomic E-state index is -0.603. The zero-order valence-electron chi connectivity index (χ0n) is 13.4. The molecule has 1 saturated carbocycles. The van der Waals surface area contributed by atoms with Gasteiger partial charge in [-0.1, -0.05) is 19.1 Å². The number of benzene rings is 1. The second kappa shape index (κ2) is 3.91. The average molecular weight is 288 g/mol. The van der Waals surface area contributed by atoms with Gasteiger partial charge in [0.25, 0.3) is 0 Å². The van der Waals surface area contributed by atoms with Crippen LogP contribution in [0.1, 0.15) is 51.7 Å². The smallest absolute Gasteiger partial charge is 0.399 e. The third kappa shape index (κ3) is 1.72. The lowest BCUT2D eigenvalue weighted by Crippen LogP contribution is -2.41. The normalized spacial score (nSPS) is 34.8. The molecular weight excluding hydrogens is 266 g/mol. The maximum atomic E-state index is 15.0. The van der Waals surface area contributed by atoms with E-state index in [1.165, 1.54) is 5.56 Å². The van der Waals surface area contributed by atoms with Gasteiger partial charge in [0.05, 0.1) is 11.2 Å². The Morgan fingerprint density at radius 1 is 1.14 bits per heavy atom. The van der Waals surface area contributed by atoms with E-state index in [1.54, 1.807) is 0 Å². The molecule has 2 aliphatic carbocycles. The van der Waals surface area contributed by atoms with Gasteiger partial charge >= 0.3 is 7.12 Å². The molecule has 1 saturated heterocycles. The standard InChI is InChI=1S/C17H22BFO2/c1-9-11-8-10-6-7-12(15(19)14(10)13(9)11)18-20-16(2,3)17(4,5)21-18/h6-7,9,11,13H,8H2,1-5H3/t9?,11-,13?/m1/s1. The van der Waals surface area contributed by atoms with E-state index in [4.69, 9.17) is 9.31 Å². The van der Waals surface area contributed by atoms with Crippen LogP contribution in [0, 0.1) is 17.7 Å². The van der Waals surface area contributed by atoms with Crippen molar-refractivity contribution in [3.8, 4) is 0 Å². The zero-order valence-corrected chi connectivity index (χ0v) is 13.4. The monoisotopic (exact) mass is 288 g/mol. The molecule has 0 amide bonds. The maximum Gasteiger partial charge on any atom is 0.497 e. The van der Waals surface area contributed by atoms with Crippen molar-refractivity contribution in [2.45, 2.75) is 58.2 Å². The van der Waals surface area contributed by atoms with Crippen molar-refractivity contribution in [1.29, 1.82) is 0 Å². The summed E-state index contributed by atoms with van der Waals surface area (Å²) in [5.41, 5.74) is 1.81. The minimum Gasteiger partial charge on any atom is -0.399 e. The Kier molecular flexibility index (Phi) is 2.56. The molecule has 21 heavy (non-hydrogen) atoms. The largest absolute Gasteiger partial charge is 0.497 e. The lowest BCUT2D eigenvalue weighted by molar-refractivity contribution is 0.00578. The van der Waals surface area contributed by atoms with Gasteiger partial charge in [-0.25, -0.2) is 4.39 Å². The number of hydrogen-bond acceptors (Lipinski definition) is 2. The van der Waals surface area contributed by atoms with Crippen LogP contribution in [0.25, 0.3) is 0 Å². The third-order valence-corrected chi connectivity index (χ3v) is 6.16. The second-order valence-corrected chi connectivity index (χ2v) is 7.88. The number of rotatable bonds is 1. The summed E-state index contributed by atoms with van der Waals surface area (Å²) >= 11 is 0. The highest BCUT2D eigenvalue weighted by Crippen LogP contribution is 2.61. The first-order chi connectivity index (χ1) is 9.73. The fraction of sp³-hybridized carbons (Fsp3) is 0.647. The molecule has 0 aromatic heterocycles. The first-order valence-corrected chi connectivity index (χ1v) is 7.90. The van der Waals surface area contributed by atoms with Crippen LogP contribution >= 0.6 is 0 Å². The summed E-state index contributed by atoms with van der Waals surface area (Å²) in [5, 5.41) is 0. The summed E-state index contributed by atoms with van der Waals surface area (Å²) in [5.74, 6) is 1.61. The van der Waals surface area contributed by atoms with E-state index in [0.717, 1.165) is 12.0 Å². The molecule has 0 spiro atoms. The highest BCUT2D eigenvalue weighted by atomic mass is 19.1. The molecule has 3 atom stereocenters. The lowest BCUT2D eigenvalue weighted by atomic mass is 9.76. The highest BCUT2D eigenvalue weighted by Gasteiger charge is 2.56. The minimum absolute atomic E-state index is 0.0946. The molecule has 4 heteroatoms. The van der Waals surface area contributed by atoms with Crippen LogP contribution in [0.15, 0.2) is 12.1 Å². The summed E-state index contributed by atoms with van der Waals surface area (Å²) in [4.78, 5) is 0. The zero-order chi connectivity index (χ0) is 15.2. The van der Waals surface area contributed by atoms with Gasteiger partial charge in [0, 0.05) is 5.46 Å². The molecule has 1 aromatic rings. The summed E-state index contributed by atoms with van der Waals surface area (Å²) in [6.07, 6.45) is 1.03. The number of halogens is 1. The van der Waals surface area contributed by atoms with E-state index in [1.807, 2.05) is 33.8 Å². The van der Waals surface area contributed by atoms with Gasteiger partial charge in [0.2, 0.25) is 0 Å². The van der Waals surface area contributed by atoms with Crippen LogP contribution in [0.4, 0.5) is 4.39 Å². The Morgan fingerprint density at radius 3 is 2.38 bits per heavy atom. The number of fused-ring (bicyclic) bond motifs is 3. The fourth-order valence-electron chi connectivity index (χ4n) is 3.93. The predicted molar refractivity (Wildman–Crippen MR) is 81.2 cm³/mol. The third-order valence-electron chi connectivity index (χ3n) is 6.16. The van der Waals surface area contributed by atoms with E-state index in [2.05, 4.69) is 13.0 Å². The van der Waals surface area contributed by atoms with Crippen molar-refractivity contribution in [3.63, 3.8) is 0 Å². The van der Waals surface area contributed by atoms with Crippen molar-refractivity contribution in [2.24, 2.45) is 11.8 Å². The maximum absolute atomic E-state index is 15.0. The van der Waals surface area contributed by atoms with Crippen LogP contribution in [0.5, 0.6) is 0 Å². The Balaban J connectivity index is 1.72. The molecule has 2 unspecified atom stereocenters. The van der Waals surface area contributed by atoms with Gasteiger partial charge in [0.1, 0.15) is 5.82 Å². The molecule has 1 aliphatic heterocycles. The molecule has 1 heterocycles. The number of hydrogen-bond donors (Lipinski definition) is 0. The fourth-order valence-corrected chi connectivity index (χ4v) is 3.93. The molecule has 0 radical (unpaired) electrons. The van der Waals surface area contributed by atoms with E-state index in [0.29, 0.717) is 23.2 Å². The first-order valence-electron chi connectivity index (χ1n) is 7.90. The Morgan fingerprint density at radius 2 is 1.76 bits per heavy atom. The van der Waals surface area contributed by atoms with Gasteiger partial charge in [-0.3, -0.25) is 0 Å². The van der Waals surface area contributed by atoms with E-state index in [9.17, 15) is 0 Å². The van der Waals surface area contributed by atoms with Gasteiger partial charge in [0.15, 0.2) is 0 Å². The summed E-state index contributed by atoms with van der Waals surface area (Å²) in [7, 11) is -0.603.